The largest absolute Gasteiger partial charge is 0.378 e. The molecule has 1 unspecified atom stereocenters. The lowest BCUT2D eigenvalue weighted by Gasteiger charge is -2.28. The summed E-state index contributed by atoms with van der Waals surface area (Å²) in [5.74, 6) is -1.37. The smallest absolute Gasteiger partial charge is 0.270 e. The van der Waals surface area contributed by atoms with Crippen LogP contribution >= 0.6 is 11.6 Å². The molecule has 4 rings (SSSR count). The molecule has 0 radical (unpaired) electrons. The molecule has 1 atom stereocenters. The third-order valence-electron chi connectivity index (χ3n) is 6.79. The summed E-state index contributed by atoms with van der Waals surface area (Å²) >= 11 is 6.06. The summed E-state index contributed by atoms with van der Waals surface area (Å²) in [6.45, 7) is 2.34. The minimum absolute atomic E-state index is 0.102. The van der Waals surface area contributed by atoms with Crippen LogP contribution in [0, 0.1) is 18.7 Å². The van der Waals surface area contributed by atoms with Gasteiger partial charge in [-0.15, -0.1) is 0 Å². The minimum atomic E-state index is -0.422. The van der Waals surface area contributed by atoms with Gasteiger partial charge in [-0.25, -0.2) is 9.37 Å². The molecular formula is C25H30ClFN4O4. The van der Waals surface area contributed by atoms with E-state index in [0.717, 1.165) is 19.4 Å². The van der Waals surface area contributed by atoms with Crippen LogP contribution in [0.25, 0.3) is 0 Å². The third kappa shape index (κ3) is 6.27. The van der Waals surface area contributed by atoms with Crippen molar-refractivity contribution in [2.24, 2.45) is 5.92 Å². The number of ether oxygens (including phenoxy) is 1. The van der Waals surface area contributed by atoms with Crippen molar-refractivity contribution < 1.29 is 23.5 Å². The number of amides is 2. The molecule has 8 nitrogen and oxygen atoms in total. The summed E-state index contributed by atoms with van der Waals surface area (Å²) in [6.07, 6.45) is 6.76. The van der Waals surface area contributed by atoms with Crippen LogP contribution in [0.2, 0.25) is 5.02 Å². The summed E-state index contributed by atoms with van der Waals surface area (Å²) in [7, 11) is 0. The fraction of sp³-hybridized carbons (Fsp3) is 0.520. The summed E-state index contributed by atoms with van der Waals surface area (Å²) in [4.78, 5) is 45.0. The molecule has 1 aliphatic heterocycles. The van der Waals surface area contributed by atoms with Crippen LogP contribution in [0.3, 0.4) is 0 Å². The highest BCUT2D eigenvalue weighted by atomic mass is 35.5. The van der Waals surface area contributed by atoms with E-state index in [1.165, 1.54) is 18.5 Å². The molecule has 0 spiro atoms. The van der Waals surface area contributed by atoms with Crippen molar-refractivity contribution >= 4 is 34.9 Å². The number of carbonyl (C=O) groups is 3. The van der Waals surface area contributed by atoms with Crippen molar-refractivity contribution in [3.05, 3.63) is 46.3 Å². The number of benzene rings is 1. The molecule has 1 saturated heterocycles. The zero-order valence-corrected chi connectivity index (χ0v) is 20.4. The summed E-state index contributed by atoms with van der Waals surface area (Å²) in [5.41, 5.74) is 1.12. The number of H-pyrrole nitrogens is 1. The zero-order chi connectivity index (χ0) is 24.9. The predicted octanol–water partition coefficient (Wildman–Crippen LogP) is 4.58. The fourth-order valence-electron chi connectivity index (χ4n) is 4.71. The highest BCUT2D eigenvalue weighted by Crippen LogP contribution is 2.29. The number of anilines is 1. The highest BCUT2D eigenvalue weighted by Gasteiger charge is 2.29. The number of nitrogens with zero attached hydrogens (tertiary/aromatic N) is 1. The van der Waals surface area contributed by atoms with Gasteiger partial charge in [0.1, 0.15) is 17.2 Å². The molecule has 1 saturated carbocycles. The van der Waals surface area contributed by atoms with E-state index in [4.69, 9.17) is 16.3 Å². The van der Waals surface area contributed by atoms with E-state index in [1.807, 2.05) is 0 Å². The van der Waals surface area contributed by atoms with Crippen molar-refractivity contribution in [3.8, 4) is 0 Å². The van der Waals surface area contributed by atoms with Gasteiger partial charge in [0.05, 0.1) is 23.1 Å². The van der Waals surface area contributed by atoms with Gasteiger partial charge in [0.15, 0.2) is 5.78 Å². The number of hydrogen-bond acceptors (Lipinski definition) is 5. The summed E-state index contributed by atoms with van der Waals surface area (Å²) in [5, 5.41) is 5.91. The van der Waals surface area contributed by atoms with Crippen LogP contribution in [-0.4, -0.2) is 46.3 Å². The van der Waals surface area contributed by atoms with Crippen molar-refractivity contribution in [1.82, 2.24) is 15.3 Å². The number of Topliss-reactive ketones (excluding diaryl/α,β-unsaturated/α-hetero) is 1. The average molecular weight is 505 g/mol. The van der Waals surface area contributed by atoms with Gasteiger partial charge >= 0.3 is 0 Å². The van der Waals surface area contributed by atoms with Crippen LogP contribution in [0.4, 0.5) is 10.1 Å². The number of halogens is 2. The van der Waals surface area contributed by atoms with Gasteiger partial charge in [-0.05, 0) is 69.6 Å². The molecule has 35 heavy (non-hydrogen) atoms. The molecule has 2 heterocycles. The lowest BCUT2D eigenvalue weighted by Crippen LogP contribution is -2.40. The number of imidazole rings is 1. The van der Waals surface area contributed by atoms with Gasteiger partial charge in [-0.1, -0.05) is 11.6 Å². The fourth-order valence-corrected chi connectivity index (χ4v) is 4.90. The van der Waals surface area contributed by atoms with Crippen LogP contribution in [0.5, 0.6) is 0 Å². The van der Waals surface area contributed by atoms with Gasteiger partial charge in [0, 0.05) is 25.0 Å². The Morgan fingerprint density at radius 3 is 2.69 bits per heavy atom. The van der Waals surface area contributed by atoms with Crippen LogP contribution in [-0.2, 0) is 9.53 Å². The molecule has 2 aromatic rings. The molecule has 2 fully saturated rings. The zero-order valence-electron chi connectivity index (χ0n) is 19.7. The van der Waals surface area contributed by atoms with Gasteiger partial charge in [-0.2, -0.15) is 0 Å². The molecule has 2 aliphatic rings. The van der Waals surface area contributed by atoms with Gasteiger partial charge < -0.3 is 20.4 Å². The normalized spacial score (nSPS) is 22.1. The lowest BCUT2D eigenvalue weighted by atomic mass is 9.85. The number of aryl methyl sites for hydroxylation is 1. The molecule has 10 heteroatoms. The Balaban J connectivity index is 1.26. The maximum Gasteiger partial charge on any atom is 0.270 e. The Hall–Kier alpha value is -2.78. The van der Waals surface area contributed by atoms with Crippen molar-refractivity contribution in [1.29, 1.82) is 0 Å². The van der Waals surface area contributed by atoms with E-state index in [9.17, 15) is 18.8 Å². The van der Waals surface area contributed by atoms with Crippen LogP contribution in [0.1, 0.15) is 77.9 Å². The Labute approximate surface area is 208 Å². The first kappa shape index (κ1) is 25.3. The Kier molecular flexibility index (Phi) is 8.18. The van der Waals surface area contributed by atoms with E-state index < -0.39 is 5.82 Å². The highest BCUT2D eigenvalue weighted by molar-refractivity contribution is 6.33. The maximum atomic E-state index is 13.6. The van der Waals surface area contributed by atoms with E-state index in [0.29, 0.717) is 43.4 Å². The quantitative estimate of drug-likeness (QED) is 0.455. The first-order chi connectivity index (χ1) is 16.8. The first-order valence-electron chi connectivity index (χ1n) is 12.1. The number of ketones is 1. The van der Waals surface area contributed by atoms with Crippen molar-refractivity contribution in [3.63, 3.8) is 0 Å². The summed E-state index contributed by atoms with van der Waals surface area (Å²) < 4.78 is 19.2. The van der Waals surface area contributed by atoms with Crippen LogP contribution in [0.15, 0.2) is 18.5 Å². The minimum Gasteiger partial charge on any atom is -0.378 e. The molecular weight excluding hydrogens is 475 g/mol. The van der Waals surface area contributed by atoms with Gasteiger partial charge in [0.25, 0.3) is 5.91 Å². The summed E-state index contributed by atoms with van der Waals surface area (Å²) in [6, 6.07) is 2.60. The van der Waals surface area contributed by atoms with E-state index >= 15 is 0 Å². The monoisotopic (exact) mass is 504 g/mol. The Morgan fingerprint density at radius 2 is 1.97 bits per heavy atom. The second kappa shape index (κ2) is 11.3. The molecule has 1 aromatic carbocycles. The Bertz CT molecular complexity index is 1090. The molecule has 3 N–H and O–H groups in total. The van der Waals surface area contributed by atoms with E-state index in [2.05, 4.69) is 20.6 Å². The maximum absolute atomic E-state index is 13.6. The molecule has 2 amide bonds. The van der Waals surface area contributed by atoms with Crippen molar-refractivity contribution in [2.75, 3.05) is 11.9 Å². The van der Waals surface area contributed by atoms with Gasteiger partial charge in [-0.3, -0.25) is 14.4 Å². The SMILES string of the molecule is Cc1cc(NC(=O)C2CCC(NC(=O)c3[nH]cnc3C(=O)CCC3CCCO3)CC2)c(Cl)cc1F. The topological polar surface area (TPSA) is 113 Å². The standard InChI is InChI=1S/C25H30ClFN4O4/c1-14-11-20(18(26)12-19(14)27)31-24(33)15-4-6-16(7-5-15)30-25(34)23-22(28-13-29-23)21(32)9-8-17-3-2-10-35-17/h11-13,15-17H,2-10H2,1H3,(H,28,29)(H,30,34)(H,31,33). The number of aromatic amines is 1. The van der Waals surface area contributed by atoms with Crippen molar-refractivity contribution in [2.45, 2.75) is 70.4 Å². The average Bonchev–Trinajstić information content (AvgIpc) is 3.54. The molecule has 1 aromatic heterocycles. The van der Waals surface area contributed by atoms with Crippen LogP contribution < -0.4 is 10.6 Å². The number of rotatable bonds is 8. The predicted molar refractivity (Wildman–Crippen MR) is 129 cm³/mol. The molecule has 1 aliphatic carbocycles. The van der Waals surface area contributed by atoms with E-state index in [1.54, 1.807) is 6.92 Å². The molecule has 188 valence electrons. The number of carbonyl (C=O) groups excluding carboxylic acids is 3. The number of hydrogen-bond donors (Lipinski definition) is 3. The third-order valence-corrected chi connectivity index (χ3v) is 7.10. The first-order valence-corrected chi connectivity index (χ1v) is 12.4. The Morgan fingerprint density at radius 1 is 1.20 bits per heavy atom. The van der Waals surface area contributed by atoms with E-state index in [-0.39, 0.29) is 58.5 Å². The second-order valence-corrected chi connectivity index (χ2v) is 9.72. The number of aromatic nitrogens is 2. The molecule has 0 bridgehead atoms. The van der Waals surface area contributed by atoms with Gasteiger partial charge in [0.2, 0.25) is 5.91 Å². The number of nitrogens with one attached hydrogen (secondary N) is 3. The second-order valence-electron chi connectivity index (χ2n) is 9.32. The lowest BCUT2D eigenvalue weighted by molar-refractivity contribution is -0.120.